The molecule has 64 heavy (non-hydrogen) atoms. The van der Waals surface area contributed by atoms with Crippen LogP contribution in [0.15, 0.2) is 0 Å². The predicted octanol–water partition coefficient (Wildman–Crippen LogP) is 21.8. The number of fused-ring (bicyclic) bond motifs is 5. The zero-order chi connectivity index (χ0) is 46.2. The van der Waals surface area contributed by atoms with Gasteiger partial charge in [0.05, 0.1) is 0 Å². The molecule has 11 unspecified atom stereocenters. The molecule has 0 N–H and O–H groups in total. The molecule has 0 heterocycles. The van der Waals surface area contributed by atoms with Crippen LogP contribution in [0, 0.1) is 76.9 Å². The van der Waals surface area contributed by atoms with E-state index in [4.69, 9.17) is 46.4 Å². The molecule has 0 aromatic rings. The molecule has 11 atom stereocenters. The van der Waals surface area contributed by atoms with Gasteiger partial charge in [0.25, 0.3) is 0 Å². The van der Waals surface area contributed by atoms with Gasteiger partial charge in [-0.2, -0.15) is 0 Å². The third-order valence-electron chi connectivity index (χ3n) is 19.1. The molecule has 0 bridgehead atoms. The molecular weight excluding hydrogens is 862 g/mol. The fraction of sp³-hybridized carbons (Fsp3) is 1.00. The first kappa shape index (κ1) is 56.1. The topological polar surface area (TPSA) is 0 Å². The van der Waals surface area contributed by atoms with E-state index in [0.717, 1.165) is 53.3 Å². The molecule has 10 aliphatic carbocycles. The Bertz CT molecular complexity index is 1140. The molecule has 10 saturated carbocycles. The zero-order valence-electron chi connectivity index (χ0n) is 43.7. The molecule has 0 aromatic heterocycles. The Balaban J connectivity index is 0.000000170. The molecule has 0 nitrogen and oxygen atoms in total. The zero-order valence-corrected chi connectivity index (χ0v) is 46.7. The van der Waals surface area contributed by atoms with Gasteiger partial charge in [-0.05, 0) is 202 Å². The minimum absolute atomic E-state index is 0.00502. The highest BCUT2D eigenvalue weighted by atomic mass is 35.5. The van der Waals surface area contributed by atoms with Crippen LogP contribution in [0.3, 0.4) is 0 Å². The SMILES string of the molecule is C1CCC(CCC2C3CCCCC3C3CCCCC32)C1.C1CCCC1.C1CCCC1.CC(C)(C)Cl.CC(C)(Cl)C1CC2CCCCC2C1CCC1CCC2CCCCC21.CC(C)(Cl)Cl. The minimum Gasteiger partial charge on any atom is -0.120 e. The molecule has 0 aromatic carbocycles. The van der Waals surface area contributed by atoms with Gasteiger partial charge in [-0.15, -0.1) is 46.4 Å². The summed E-state index contributed by atoms with van der Waals surface area (Å²) in [5, 5.41) is 0. The second-order valence-electron chi connectivity index (χ2n) is 25.9. The van der Waals surface area contributed by atoms with Crippen molar-refractivity contribution in [3.05, 3.63) is 0 Å². The van der Waals surface area contributed by atoms with Gasteiger partial charge in [0.15, 0.2) is 0 Å². The van der Waals surface area contributed by atoms with Crippen molar-refractivity contribution < 1.29 is 0 Å². The summed E-state index contributed by atoms with van der Waals surface area (Å²) in [6, 6.07) is 0. The van der Waals surface area contributed by atoms with Crippen LogP contribution in [0.25, 0.3) is 0 Å². The maximum atomic E-state index is 6.91. The Hall–Kier alpha value is 1.16. The molecule has 376 valence electrons. The molecule has 10 aliphatic rings. The molecule has 0 amide bonds. The van der Waals surface area contributed by atoms with Crippen LogP contribution in [-0.4, -0.2) is 14.1 Å². The number of hydrogen-bond donors (Lipinski definition) is 0. The third-order valence-corrected chi connectivity index (χ3v) is 19.4. The largest absolute Gasteiger partial charge is 0.120 e. The molecule has 10 fully saturated rings. The van der Waals surface area contributed by atoms with E-state index in [-0.39, 0.29) is 9.75 Å². The van der Waals surface area contributed by atoms with E-state index in [1.54, 1.807) is 117 Å². The van der Waals surface area contributed by atoms with Gasteiger partial charge in [-0.3, -0.25) is 0 Å². The number of rotatable bonds is 7. The Labute approximate surface area is 420 Å². The lowest BCUT2D eigenvalue weighted by Gasteiger charge is -2.35. The fourth-order valence-electron chi connectivity index (χ4n) is 16.5. The van der Waals surface area contributed by atoms with Gasteiger partial charge >= 0.3 is 0 Å². The maximum absolute atomic E-state index is 6.91. The van der Waals surface area contributed by atoms with E-state index < -0.39 is 4.33 Å². The van der Waals surface area contributed by atoms with Gasteiger partial charge in [-0.1, -0.05) is 161 Å². The quantitative estimate of drug-likeness (QED) is 0.223. The number of halogens is 4. The lowest BCUT2D eigenvalue weighted by atomic mass is 9.72. The Morgan fingerprint density at radius 1 is 0.328 bits per heavy atom. The summed E-state index contributed by atoms with van der Waals surface area (Å²) < 4.78 is -0.556. The monoisotopic (exact) mass is 969 g/mol. The molecule has 10 rings (SSSR count). The average molecular weight is 971 g/mol. The van der Waals surface area contributed by atoms with Crippen LogP contribution in [-0.2, 0) is 0 Å². The van der Waals surface area contributed by atoms with Gasteiger partial charge in [0, 0.05) is 9.75 Å². The van der Waals surface area contributed by atoms with E-state index in [1.165, 1.54) is 159 Å². The lowest BCUT2D eigenvalue weighted by Crippen LogP contribution is -2.31. The lowest BCUT2D eigenvalue weighted by molar-refractivity contribution is 0.168. The second-order valence-corrected chi connectivity index (χ2v) is 30.1. The van der Waals surface area contributed by atoms with E-state index >= 15 is 0 Å². The Morgan fingerprint density at radius 2 is 0.688 bits per heavy atom. The highest BCUT2D eigenvalue weighted by Gasteiger charge is 2.51. The number of hydrogen-bond acceptors (Lipinski definition) is 0. The molecule has 4 heteroatoms. The normalized spacial score (nSPS) is 37.0. The Morgan fingerprint density at radius 3 is 1.14 bits per heavy atom. The summed E-state index contributed by atoms with van der Waals surface area (Å²) in [6.07, 6.45) is 56.7. The summed E-state index contributed by atoms with van der Waals surface area (Å²) in [7, 11) is 0. The summed E-state index contributed by atoms with van der Waals surface area (Å²) in [5.41, 5.74) is 0. The fourth-order valence-corrected chi connectivity index (χ4v) is 16.7. The first-order valence-corrected chi connectivity index (χ1v) is 30.7. The van der Waals surface area contributed by atoms with Crippen molar-refractivity contribution in [3.63, 3.8) is 0 Å². The highest BCUT2D eigenvalue weighted by Crippen LogP contribution is 2.59. The maximum Gasteiger partial charge on any atom is 0.112 e. The van der Waals surface area contributed by atoms with Crippen molar-refractivity contribution in [1.82, 2.24) is 0 Å². The second kappa shape index (κ2) is 28.3. The van der Waals surface area contributed by atoms with Crippen molar-refractivity contribution in [2.45, 2.75) is 300 Å². The van der Waals surface area contributed by atoms with Crippen molar-refractivity contribution in [2.24, 2.45) is 76.9 Å². The van der Waals surface area contributed by atoms with E-state index in [0.29, 0.717) is 0 Å². The molecular formula is C60H108Cl4. The van der Waals surface area contributed by atoms with Gasteiger partial charge in [0.1, 0.15) is 4.33 Å². The third kappa shape index (κ3) is 19.7. The van der Waals surface area contributed by atoms with Crippen molar-refractivity contribution in [3.8, 4) is 0 Å². The van der Waals surface area contributed by atoms with Crippen molar-refractivity contribution in [2.75, 3.05) is 0 Å². The molecule has 0 radical (unpaired) electrons. The standard InChI is InChI=1S/C23H39Cl.C20H34.2C5H10.C4H9Cl.C3H6Cl2/c1-23(2,24)22-15-18-8-4-6-10-20(18)21(22)14-13-17-12-11-16-7-3-5-9-19(16)17;1-2-8-15(7-1)13-14-20-18-11-5-3-9-16(18)17-10-4-6-12-19(17)20;2*1-2-4-5-3-1;1-4(2,3)5;1-3(2,4)5/h16-22H,3-15H2,1-2H3;15-20H,1-14H2;2*1-5H2;1-3H3;1-2H3. The summed E-state index contributed by atoms with van der Waals surface area (Å²) in [6.45, 7) is 13.9. The summed E-state index contributed by atoms with van der Waals surface area (Å²) in [5.74, 6) is 14.0. The van der Waals surface area contributed by atoms with Gasteiger partial charge in [-0.25, -0.2) is 0 Å². The first-order chi connectivity index (χ1) is 30.5. The molecule has 0 aliphatic heterocycles. The van der Waals surface area contributed by atoms with E-state index in [2.05, 4.69) is 13.8 Å². The van der Waals surface area contributed by atoms with Gasteiger partial charge in [0.2, 0.25) is 0 Å². The van der Waals surface area contributed by atoms with Crippen molar-refractivity contribution in [1.29, 1.82) is 0 Å². The minimum atomic E-state index is -0.556. The average Bonchev–Trinajstić information content (AvgIpc) is 4.11. The molecule has 0 saturated heterocycles. The summed E-state index contributed by atoms with van der Waals surface area (Å²) in [4.78, 5) is -0.0228. The van der Waals surface area contributed by atoms with Crippen LogP contribution in [0.4, 0.5) is 0 Å². The van der Waals surface area contributed by atoms with Crippen LogP contribution < -0.4 is 0 Å². The number of alkyl halides is 4. The van der Waals surface area contributed by atoms with Crippen LogP contribution in [0.2, 0.25) is 0 Å². The van der Waals surface area contributed by atoms with E-state index in [1.807, 2.05) is 20.8 Å². The smallest absolute Gasteiger partial charge is 0.112 e. The summed E-state index contributed by atoms with van der Waals surface area (Å²) >= 11 is 23.0. The van der Waals surface area contributed by atoms with Crippen LogP contribution in [0.1, 0.15) is 286 Å². The van der Waals surface area contributed by atoms with Crippen LogP contribution >= 0.6 is 46.4 Å². The predicted molar refractivity (Wildman–Crippen MR) is 288 cm³/mol. The van der Waals surface area contributed by atoms with Crippen molar-refractivity contribution >= 4 is 46.4 Å². The highest BCUT2D eigenvalue weighted by molar-refractivity contribution is 6.47. The van der Waals surface area contributed by atoms with E-state index in [9.17, 15) is 0 Å². The molecule has 0 spiro atoms. The van der Waals surface area contributed by atoms with Gasteiger partial charge < -0.3 is 0 Å². The first-order valence-electron chi connectivity index (χ1n) is 29.2. The Kier molecular flexibility index (Phi) is 24.8. The van der Waals surface area contributed by atoms with Crippen LogP contribution in [0.5, 0.6) is 0 Å².